The van der Waals surface area contributed by atoms with Crippen LogP contribution in [0.2, 0.25) is 5.02 Å². The van der Waals surface area contributed by atoms with Crippen molar-refractivity contribution in [2.75, 3.05) is 11.4 Å². The summed E-state index contributed by atoms with van der Waals surface area (Å²) in [4.78, 5) is 25.8. The van der Waals surface area contributed by atoms with Gasteiger partial charge in [-0.05, 0) is 43.2 Å². The first-order valence-electron chi connectivity index (χ1n) is 8.41. The SMILES string of the molecule is O=C(CCCCCN1C(=O)c2ccccc2Oc2ccc(Cl)cc21)NO. The summed E-state index contributed by atoms with van der Waals surface area (Å²) in [7, 11) is 0. The number of benzene rings is 2. The van der Waals surface area contributed by atoms with E-state index in [2.05, 4.69) is 0 Å². The number of amides is 2. The highest BCUT2D eigenvalue weighted by Gasteiger charge is 2.27. The number of fused-ring (bicyclic) bond motifs is 2. The average Bonchev–Trinajstić information content (AvgIpc) is 2.76. The highest BCUT2D eigenvalue weighted by molar-refractivity contribution is 6.31. The van der Waals surface area contributed by atoms with E-state index in [-0.39, 0.29) is 12.3 Å². The Labute approximate surface area is 156 Å². The van der Waals surface area contributed by atoms with Gasteiger partial charge < -0.3 is 9.64 Å². The van der Waals surface area contributed by atoms with Gasteiger partial charge in [-0.1, -0.05) is 30.2 Å². The van der Waals surface area contributed by atoms with Crippen LogP contribution in [0, 0.1) is 0 Å². The third kappa shape index (κ3) is 3.98. The highest BCUT2D eigenvalue weighted by Crippen LogP contribution is 2.40. The van der Waals surface area contributed by atoms with E-state index in [0.717, 1.165) is 6.42 Å². The van der Waals surface area contributed by atoms with Gasteiger partial charge >= 0.3 is 0 Å². The Bertz CT molecular complexity index is 825. The number of hydroxylamine groups is 1. The molecule has 2 aromatic rings. The molecule has 0 saturated carbocycles. The van der Waals surface area contributed by atoms with Crippen LogP contribution in [0.3, 0.4) is 0 Å². The van der Waals surface area contributed by atoms with Gasteiger partial charge in [-0.15, -0.1) is 0 Å². The minimum absolute atomic E-state index is 0.144. The molecule has 136 valence electrons. The van der Waals surface area contributed by atoms with Crippen LogP contribution in [0.15, 0.2) is 42.5 Å². The van der Waals surface area contributed by atoms with E-state index < -0.39 is 5.91 Å². The monoisotopic (exact) mass is 374 g/mol. The van der Waals surface area contributed by atoms with E-state index >= 15 is 0 Å². The Balaban J connectivity index is 1.79. The van der Waals surface area contributed by atoms with Crippen LogP contribution in [0.4, 0.5) is 5.69 Å². The van der Waals surface area contributed by atoms with E-state index in [0.29, 0.717) is 47.2 Å². The Morgan fingerprint density at radius 3 is 2.73 bits per heavy atom. The third-order valence-electron chi connectivity index (χ3n) is 4.20. The summed E-state index contributed by atoms with van der Waals surface area (Å²) < 4.78 is 5.93. The molecule has 0 atom stereocenters. The zero-order valence-corrected chi connectivity index (χ0v) is 14.8. The summed E-state index contributed by atoms with van der Waals surface area (Å²) in [6.45, 7) is 0.477. The molecule has 7 heteroatoms. The predicted octanol–water partition coefficient (Wildman–Crippen LogP) is 4.16. The molecule has 0 bridgehead atoms. The van der Waals surface area contributed by atoms with Gasteiger partial charge in [0.15, 0.2) is 5.75 Å². The van der Waals surface area contributed by atoms with Crippen LogP contribution in [-0.4, -0.2) is 23.6 Å². The largest absolute Gasteiger partial charge is 0.454 e. The molecule has 3 rings (SSSR count). The molecule has 0 aliphatic carbocycles. The second-order valence-electron chi connectivity index (χ2n) is 6.01. The van der Waals surface area contributed by atoms with Crippen LogP contribution >= 0.6 is 11.6 Å². The molecule has 1 aliphatic heterocycles. The molecular weight excluding hydrogens is 356 g/mol. The van der Waals surface area contributed by atoms with Crippen LogP contribution < -0.4 is 15.1 Å². The zero-order chi connectivity index (χ0) is 18.5. The Morgan fingerprint density at radius 2 is 1.92 bits per heavy atom. The number of nitrogens with one attached hydrogen (secondary N) is 1. The molecule has 0 radical (unpaired) electrons. The lowest BCUT2D eigenvalue weighted by molar-refractivity contribution is -0.129. The van der Waals surface area contributed by atoms with Crippen molar-refractivity contribution in [2.24, 2.45) is 0 Å². The van der Waals surface area contributed by atoms with Crippen molar-refractivity contribution in [1.82, 2.24) is 5.48 Å². The van der Waals surface area contributed by atoms with Gasteiger partial charge in [0.1, 0.15) is 5.75 Å². The lowest BCUT2D eigenvalue weighted by Crippen LogP contribution is -2.31. The number of rotatable bonds is 6. The molecule has 0 fully saturated rings. The quantitative estimate of drug-likeness (QED) is 0.452. The predicted molar refractivity (Wildman–Crippen MR) is 98.0 cm³/mol. The first-order chi connectivity index (χ1) is 12.6. The summed E-state index contributed by atoms with van der Waals surface area (Å²) in [5.41, 5.74) is 2.75. The van der Waals surface area contributed by atoms with Crippen molar-refractivity contribution in [3.05, 3.63) is 53.1 Å². The van der Waals surface area contributed by atoms with Crippen LogP contribution in [0.25, 0.3) is 0 Å². The van der Waals surface area contributed by atoms with Gasteiger partial charge in [0, 0.05) is 18.0 Å². The summed E-state index contributed by atoms with van der Waals surface area (Å²) >= 11 is 6.13. The van der Waals surface area contributed by atoms with Crippen molar-refractivity contribution in [1.29, 1.82) is 0 Å². The topological polar surface area (TPSA) is 78.9 Å². The van der Waals surface area contributed by atoms with Crippen molar-refractivity contribution in [3.8, 4) is 11.5 Å². The minimum Gasteiger partial charge on any atom is -0.454 e. The Kier molecular flexibility index (Phi) is 5.75. The average molecular weight is 375 g/mol. The second kappa shape index (κ2) is 8.21. The molecule has 2 N–H and O–H groups in total. The number of carbonyl (C=O) groups is 2. The second-order valence-corrected chi connectivity index (χ2v) is 6.45. The molecule has 1 aliphatic rings. The highest BCUT2D eigenvalue weighted by atomic mass is 35.5. The van der Waals surface area contributed by atoms with E-state index in [9.17, 15) is 9.59 Å². The number of unbranched alkanes of at least 4 members (excludes halogenated alkanes) is 2. The normalized spacial score (nSPS) is 12.7. The number of ether oxygens (including phenoxy) is 1. The van der Waals surface area contributed by atoms with Gasteiger partial charge in [0.05, 0.1) is 11.3 Å². The van der Waals surface area contributed by atoms with E-state index in [1.54, 1.807) is 46.8 Å². The molecule has 2 amide bonds. The van der Waals surface area contributed by atoms with Crippen LogP contribution in [-0.2, 0) is 4.79 Å². The minimum atomic E-state index is -0.407. The van der Waals surface area contributed by atoms with Gasteiger partial charge in [-0.2, -0.15) is 0 Å². The number of carbonyl (C=O) groups excluding carboxylic acids is 2. The molecule has 1 heterocycles. The van der Waals surface area contributed by atoms with Gasteiger partial charge in [-0.3, -0.25) is 14.8 Å². The standard InChI is InChI=1S/C19H19ClN2O4/c20-13-9-10-17-15(12-13)22(11-5-1-2-8-18(23)21-25)19(24)14-6-3-4-7-16(14)26-17/h3-4,6-7,9-10,12,25H,1-2,5,8,11H2,(H,21,23). The number of hydrogen-bond donors (Lipinski definition) is 2. The lowest BCUT2D eigenvalue weighted by Gasteiger charge is -2.22. The Hall–Kier alpha value is -2.57. The third-order valence-corrected chi connectivity index (χ3v) is 4.44. The molecule has 0 unspecified atom stereocenters. The first-order valence-corrected chi connectivity index (χ1v) is 8.79. The van der Waals surface area contributed by atoms with Crippen LogP contribution in [0.1, 0.15) is 36.0 Å². The van der Waals surface area contributed by atoms with E-state index in [1.807, 2.05) is 6.07 Å². The number of nitrogens with zero attached hydrogens (tertiary/aromatic N) is 1. The maximum Gasteiger partial charge on any atom is 0.262 e. The fourth-order valence-corrected chi connectivity index (χ4v) is 3.07. The lowest BCUT2D eigenvalue weighted by atomic mass is 10.1. The number of para-hydroxylation sites is 1. The summed E-state index contributed by atoms with van der Waals surface area (Å²) in [5.74, 6) is 0.542. The summed E-state index contributed by atoms with van der Waals surface area (Å²) in [6.07, 6.45) is 2.33. The van der Waals surface area contributed by atoms with Crippen molar-refractivity contribution >= 4 is 29.1 Å². The van der Waals surface area contributed by atoms with Crippen molar-refractivity contribution in [2.45, 2.75) is 25.7 Å². The maximum absolute atomic E-state index is 13.0. The maximum atomic E-state index is 13.0. The smallest absolute Gasteiger partial charge is 0.262 e. The molecule has 26 heavy (non-hydrogen) atoms. The molecule has 2 aromatic carbocycles. The number of anilines is 1. The van der Waals surface area contributed by atoms with Gasteiger partial charge in [0.2, 0.25) is 5.91 Å². The summed E-state index contributed by atoms with van der Waals surface area (Å²) in [5, 5.41) is 9.03. The molecule has 0 saturated heterocycles. The zero-order valence-electron chi connectivity index (χ0n) is 14.1. The van der Waals surface area contributed by atoms with Crippen molar-refractivity contribution < 1.29 is 19.5 Å². The van der Waals surface area contributed by atoms with E-state index in [4.69, 9.17) is 21.5 Å². The van der Waals surface area contributed by atoms with Crippen LogP contribution in [0.5, 0.6) is 11.5 Å². The molecule has 0 aromatic heterocycles. The fraction of sp³-hybridized carbons (Fsp3) is 0.263. The number of halogens is 1. The molecule has 6 nitrogen and oxygen atoms in total. The van der Waals surface area contributed by atoms with Gasteiger partial charge in [-0.25, -0.2) is 5.48 Å². The van der Waals surface area contributed by atoms with E-state index in [1.165, 1.54) is 0 Å². The molecular formula is C19H19ClN2O4. The fourth-order valence-electron chi connectivity index (χ4n) is 2.90. The number of hydrogen-bond acceptors (Lipinski definition) is 4. The summed E-state index contributed by atoms with van der Waals surface area (Å²) in [6, 6.07) is 12.3. The first kappa shape index (κ1) is 18.2. The Morgan fingerprint density at radius 1 is 1.12 bits per heavy atom. The molecule has 0 spiro atoms. The van der Waals surface area contributed by atoms with Gasteiger partial charge in [0.25, 0.3) is 5.91 Å². The van der Waals surface area contributed by atoms with Crippen molar-refractivity contribution in [3.63, 3.8) is 0 Å².